The molecular weight excluding hydrogens is 314 g/mol. The highest BCUT2D eigenvalue weighted by Gasteiger charge is 2.30. The van der Waals surface area contributed by atoms with Gasteiger partial charge in [0.15, 0.2) is 0 Å². The summed E-state index contributed by atoms with van der Waals surface area (Å²) in [4.78, 5) is 20.9. The summed E-state index contributed by atoms with van der Waals surface area (Å²) in [5.74, 6) is 0.949. The van der Waals surface area contributed by atoms with Crippen molar-refractivity contribution in [2.24, 2.45) is 0 Å². The van der Waals surface area contributed by atoms with Crippen LogP contribution in [0.5, 0.6) is 5.75 Å². The van der Waals surface area contributed by atoms with Crippen molar-refractivity contribution in [3.63, 3.8) is 0 Å². The first kappa shape index (κ1) is 17.4. The van der Waals surface area contributed by atoms with Gasteiger partial charge in [-0.25, -0.2) is 0 Å². The quantitative estimate of drug-likeness (QED) is 0.859. The number of carbonyl (C=O) groups is 1. The fourth-order valence-electron chi connectivity index (χ4n) is 3.37. The molecular formula is C20H25N3O2. The molecule has 2 aromatic rings. The summed E-state index contributed by atoms with van der Waals surface area (Å²) in [6.45, 7) is 6.96. The van der Waals surface area contributed by atoms with Crippen molar-refractivity contribution in [1.29, 1.82) is 0 Å². The number of amides is 1. The van der Waals surface area contributed by atoms with E-state index in [1.165, 1.54) is 5.56 Å². The fourth-order valence-corrected chi connectivity index (χ4v) is 3.37. The lowest BCUT2D eigenvalue weighted by Crippen LogP contribution is -2.49. The minimum atomic E-state index is 0.0566. The first-order valence-corrected chi connectivity index (χ1v) is 8.62. The molecule has 2 heterocycles. The van der Waals surface area contributed by atoms with Gasteiger partial charge in [-0.2, -0.15) is 0 Å². The average Bonchev–Trinajstić information content (AvgIpc) is 2.63. The molecule has 1 atom stereocenters. The molecule has 1 amide bonds. The molecule has 1 aromatic heterocycles. The Labute approximate surface area is 149 Å². The molecule has 1 aliphatic rings. The molecule has 1 aliphatic heterocycles. The molecule has 0 unspecified atom stereocenters. The first-order valence-electron chi connectivity index (χ1n) is 8.62. The molecule has 5 nitrogen and oxygen atoms in total. The fraction of sp³-hybridized carbons (Fsp3) is 0.400. The number of benzene rings is 1. The van der Waals surface area contributed by atoms with E-state index in [-0.39, 0.29) is 11.9 Å². The Bertz CT molecular complexity index is 730. The number of aryl methyl sites for hydroxylation is 1. The van der Waals surface area contributed by atoms with Crippen molar-refractivity contribution in [3.8, 4) is 5.75 Å². The Balaban J connectivity index is 1.79. The van der Waals surface area contributed by atoms with Crippen molar-refractivity contribution in [2.45, 2.75) is 26.4 Å². The maximum absolute atomic E-state index is 12.1. The Hall–Kier alpha value is -2.40. The van der Waals surface area contributed by atoms with Crippen LogP contribution in [-0.2, 0) is 11.3 Å². The van der Waals surface area contributed by atoms with Crippen molar-refractivity contribution < 1.29 is 9.53 Å². The molecule has 0 spiro atoms. The number of nitrogens with zero attached hydrogens (tertiary/aromatic N) is 3. The van der Waals surface area contributed by atoms with E-state index in [0.29, 0.717) is 0 Å². The predicted octanol–water partition coefficient (Wildman–Crippen LogP) is 2.80. The van der Waals surface area contributed by atoms with Gasteiger partial charge < -0.3 is 9.64 Å². The number of ether oxygens (including phenoxy) is 1. The smallest absolute Gasteiger partial charge is 0.220 e. The minimum absolute atomic E-state index is 0.0566. The number of carbonyl (C=O) groups excluding carboxylic acids is 1. The van der Waals surface area contributed by atoms with E-state index in [1.54, 1.807) is 14.0 Å². The van der Waals surface area contributed by atoms with Gasteiger partial charge in [-0.3, -0.25) is 14.7 Å². The van der Waals surface area contributed by atoms with E-state index in [4.69, 9.17) is 4.74 Å². The third kappa shape index (κ3) is 3.99. The molecule has 1 fully saturated rings. The van der Waals surface area contributed by atoms with E-state index in [9.17, 15) is 4.79 Å². The summed E-state index contributed by atoms with van der Waals surface area (Å²) < 4.78 is 5.24. The zero-order valence-electron chi connectivity index (χ0n) is 15.1. The summed E-state index contributed by atoms with van der Waals surface area (Å²) in [5.41, 5.74) is 3.45. The average molecular weight is 339 g/mol. The number of piperazine rings is 1. The van der Waals surface area contributed by atoms with Crippen LogP contribution in [0.1, 0.15) is 29.8 Å². The van der Waals surface area contributed by atoms with Crippen molar-refractivity contribution >= 4 is 5.91 Å². The lowest BCUT2D eigenvalue weighted by Gasteiger charge is -2.41. The molecule has 5 heteroatoms. The Morgan fingerprint density at radius 3 is 2.64 bits per heavy atom. The predicted molar refractivity (Wildman–Crippen MR) is 97.4 cm³/mol. The third-order valence-electron chi connectivity index (χ3n) is 4.86. The van der Waals surface area contributed by atoms with E-state index in [2.05, 4.69) is 35.0 Å². The summed E-state index contributed by atoms with van der Waals surface area (Å²) in [7, 11) is 1.66. The van der Waals surface area contributed by atoms with Crippen LogP contribution in [0.3, 0.4) is 0 Å². The third-order valence-corrected chi connectivity index (χ3v) is 4.86. The summed E-state index contributed by atoms with van der Waals surface area (Å²) in [6, 6.07) is 12.1. The van der Waals surface area contributed by atoms with Crippen LogP contribution in [0.2, 0.25) is 0 Å². The van der Waals surface area contributed by atoms with Crippen LogP contribution in [0.15, 0.2) is 42.6 Å². The highest BCUT2D eigenvalue weighted by Crippen LogP contribution is 2.28. The Morgan fingerprint density at radius 2 is 2.00 bits per heavy atom. The zero-order chi connectivity index (χ0) is 17.8. The van der Waals surface area contributed by atoms with Gasteiger partial charge in [-0.15, -0.1) is 0 Å². The van der Waals surface area contributed by atoms with Gasteiger partial charge in [-0.05, 0) is 36.2 Å². The van der Waals surface area contributed by atoms with Gasteiger partial charge >= 0.3 is 0 Å². The van der Waals surface area contributed by atoms with Gasteiger partial charge in [0.25, 0.3) is 0 Å². The molecule has 1 aromatic carbocycles. The second kappa shape index (κ2) is 7.66. The van der Waals surface area contributed by atoms with Crippen LogP contribution in [0.25, 0.3) is 0 Å². The van der Waals surface area contributed by atoms with E-state index >= 15 is 0 Å². The van der Waals surface area contributed by atoms with Gasteiger partial charge in [-0.1, -0.05) is 18.2 Å². The lowest BCUT2D eigenvalue weighted by molar-refractivity contribution is -0.134. The van der Waals surface area contributed by atoms with E-state index in [0.717, 1.165) is 43.2 Å². The Morgan fingerprint density at radius 1 is 1.24 bits per heavy atom. The molecule has 0 saturated carbocycles. The molecule has 3 rings (SSSR count). The van der Waals surface area contributed by atoms with Crippen LogP contribution in [0.4, 0.5) is 0 Å². The SMILES string of the molecule is COc1ccc([C@H]2CN(Cc3ncccc3C)CCN2C(C)=O)cc1. The van der Waals surface area contributed by atoms with E-state index < -0.39 is 0 Å². The van der Waals surface area contributed by atoms with Gasteiger partial charge in [0.05, 0.1) is 18.8 Å². The zero-order valence-corrected chi connectivity index (χ0v) is 15.1. The Kier molecular flexibility index (Phi) is 5.34. The molecule has 0 bridgehead atoms. The van der Waals surface area contributed by atoms with E-state index in [1.807, 2.05) is 29.3 Å². The maximum Gasteiger partial charge on any atom is 0.220 e. The number of pyridine rings is 1. The molecule has 0 aliphatic carbocycles. The first-order chi connectivity index (χ1) is 12.1. The van der Waals surface area contributed by atoms with Crippen molar-refractivity contribution in [3.05, 3.63) is 59.4 Å². The highest BCUT2D eigenvalue weighted by molar-refractivity contribution is 5.74. The summed E-state index contributed by atoms with van der Waals surface area (Å²) in [6.07, 6.45) is 1.84. The minimum Gasteiger partial charge on any atom is -0.497 e. The van der Waals surface area contributed by atoms with Crippen LogP contribution < -0.4 is 4.74 Å². The summed E-state index contributed by atoms with van der Waals surface area (Å²) in [5, 5.41) is 0. The second-order valence-corrected chi connectivity index (χ2v) is 6.50. The molecule has 0 N–H and O–H groups in total. The number of hydrogen-bond acceptors (Lipinski definition) is 4. The van der Waals surface area contributed by atoms with Gasteiger partial charge in [0, 0.05) is 39.3 Å². The maximum atomic E-state index is 12.1. The normalized spacial score (nSPS) is 18.2. The topological polar surface area (TPSA) is 45.7 Å². The van der Waals surface area contributed by atoms with Crippen molar-refractivity contribution in [1.82, 2.24) is 14.8 Å². The number of methoxy groups -OCH3 is 1. The van der Waals surface area contributed by atoms with Crippen molar-refractivity contribution in [2.75, 3.05) is 26.7 Å². The van der Waals surface area contributed by atoms with Gasteiger partial charge in [0.2, 0.25) is 5.91 Å². The molecule has 1 saturated heterocycles. The van der Waals surface area contributed by atoms with Gasteiger partial charge in [0.1, 0.15) is 5.75 Å². The number of rotatable bonds is 4. The largest absolute Gasteiger partial charge is 0.497 e. The monoisotopic (exact) mass is 339 g/mol. The molecule has 25 heavy (non-hydrogen) atoms. The van der Waals surface area contributed by atoms with Crippen LogP contribution >= 0.6 is 0 Å². The number of aromatic nitrogens is 1. The lowest BCUT2D eigenvalue weighted by atomic mass is 10.0. The highest BCUT2D eigenvalue weighted by atomic mass is 16.5. The molecule has 0 radical (unpaired) electrons. The summed E-state index contributed by atoms with van der Waals surface area (Å²) >= 11 is 0. The second-order valence-electron chi connectivity index (χ2n) is 6.50. The van der Waals surface area contributed by atoms with Crippen LogP contribution in [0, 0.1) is 6.92 Å². The van der Waals surface area contributed by atoms with Crippen LogP contribution in [-0.4, -0.2) is 47.4 Å². The standard InChI is InChI=1S/C20H25N3O2/c1-15-5-4-10-21-19(15)13-22-11-12-23(16(2)24)20(14-22)17-6-8-18(25-3)9-7-17/h4-10,20H,11-14H2,1-3H3/t20-/m1/s1. The molecule has 132 valence electrons. The number of hydrogen-bond donors (Lipinski definition) is 0.